The number of hydrogen-bond donors (Lipinski definition) is 1. The highest BCUT2D eigenvalue weighted by molar-refractivity contribution is 6.07. The summed E-state index contributed by atoms with van der Waals surface area (Å²) in [6.07, 6.45) is 4.80. The van der Waals surface area contributed by atoms with Gasteiger partial charge in [-0.2, -0.15) is 10.2 Å². The molecule has 0 atom stereocenters. The molecule has 1 N–H and O–H groups in total. The van der Waals surface area contributed by atoms with Gasteiger partial charge in [-0.15, -0.1) is 0 Å². The lowest BCUT2D eigenvalue weighted by atomic mass is 10.0. The van der Waals surface area contributed by atoms with Crippen LogP contribution in [0.15, 0.2) is 42.7 Å². The second-order valence-corrected chi connectivity index (χ2v) is 7.82. The number of fused-ring (bicyclic) bond motifs is 1. The van der Waals surface area contributed by atoms with Crippen molar-refractivity contribution in [3.05, 3.63) is 65.1 Å². The van der Waals surface area contributed by atoms with Gasteiger partial charge in [0.15, 0.2) is 5.65 Å². The van der Waals surface area contributed by atoms with Gasteiger partial charge < -0.3 is 5.32 Å². The van der Waals surface area contributed by atoms with Gasteiger partial charge in [0.1, 0.15) is 0 Å². The summed E-state index contributed by atoms with van der Waals surface area (Å²) < 4.78 is 3.75. The van der Waals surface area contributed by atoms with Crippen molar-refractivity contribution in [1.82, 2.24) is 29.9 Å². The molecule has 3 heterocycles. The number of carbonyl (C=O) groups is 1. The first kappa shape index (κ1) is 20.8. The predicted molar refractivity (Wildman–Crippen MR) is 122 cm³/mol. The van der Waals surface area contributed by atoms with Gasteiger partial charge in [-0.25, -0.2) is 9.67 Å². The van der Waals surface area contributed by atoms with E-state index in [2.05, 4.69) is 41.5 Å². The van der Waals surface area contributed by atoms with Crippen molar-refractivity contribution in [1.29, 1.82) is 0 Å². The number of benzene rings is 1. The summed E-state index contributed by atoms with van der Waals surface area (Å²) in [6, 6.07) is 10.0. The standard InChI is InChI=1S/C24H28N6O/c1-5-11-29-15-18(14-26-29)13-25-24(31)20-12-21(19-9-7-16(3)8-10-19)27-23-22(20)17(4)28-30(23)6-2/h7-10,12,14-15H,5-6,11,13H2,1-4H3,(H,25,31). The van der Waals surface area contributed by atoms with Crippen molar-refractivity contribution in [2.24, 2.45) is 0 Å². The average molecular weight is 417 g/mol. The van der Waals surface area contributed by atoms with E-state index in [4.69, 9.17) is 4.98 Å². The van der Waals surface area contributed by atoms with E-state index in [1.807, 2.05) is 47.6 Å². The van der Waals surface area contributed by atoms with Gasteiger partial charge in [-0.05, 0) is 33.3 Å². The molecule has 0 fully saturated rings. The van der Waals surface area contributed by atoms with Crippen LogP contribution in [0.5, 0.6) is 0 Å². The van der Waals surface area contributed by atoms with E-state index < -0.39 is 0 Å². The fourth-order valence-electron chi connectivity index (χ4n) is 3.75. The summed E-state index contributed by atoms with van der Waals surface area (Å²) in [4.78, 5) is 18.1. The molecule has 4 aromatic rings. The van der Waals surface area contributed by atoms with E-state index in [1.165, 1.54) is 5.56 Å². The number of nitrogens with zero attached hydrogens (tertiary/aromatic N) is 5. The Kier molecular flexibility index (Phi) is 5.84. The quantitative estimate of drug-likeness (QED) is 0.488. The Morgan fingerprint density at radius 2 is 1.90 bits per heavy atom. The fraction of sp³-hybridized carbons (Fsp3) is 0.333. The summed E-state index contributed by atoms with van der Waals surface area (Å²) in [5.74, 6) is -0.136. The Morgan fingerprint density at radius 1 is 1.13 bits per heavy atom. The Hall–Kier alpha value is -3.48. The highest BCUT2D eigenvalue weighted by Crippen LogP contribution is 2.27. The molecule has 160 valence electrons. The Bertz CT molecular complexity index is 1220. The van der Waals surface area contributed by atoms with Gasteiger partial charge in [0.2, 0.25) is 0 Å². The van der Waals surface area contributed by atoms with Crippen LogP contribution in [0.25, 0.3) is 22.3 Å². The van der Waals surface area contributed by atoms with Crippen LogP contribution in [0.2, 0.25) is 0 Å². The van der Waals surface area contributed by atoms with Crippen LogP contribution >= 0.6 is 0 Å². The van der Waals surface area contributed by atoms with Crippen molar-refractivity contribution in [3.8, 4) is 11.3 Å². The first-order valence-corrected chi connectivity index (χ1v) is 10.7. The lowest BCUT2D eigenvalue weighted by Gasteiger charge is -2.10. The Labute approximate surface area is 182 Å². The molecule has 0 aliphatic heterocycles. The number of nitrogens with one attached hydrogen (secondary N) is 1. The highest BCUT2D eigenvalue weighted by Gasteiger charge is 2.20. The van der Waals surface area contributed by atoms with Gasteiger partial charge in [0.25, 0.3) is 5.91 Å². The molecule has 4 rings (SSSR count). The molecule has 31 heavy (non-hydrogen) atoms. The van der Waals surface area contributed by atoms with Crippen molar-refractivity contribution >= 4 is 16.9 Å². The van der Waals surface area contributed by atoms with Crippen LogP contribution in [-0.2, 0) is 19.6 Å². The van der Waals surface area contributed by atoms with Crippen molar-refractivity contribution in [2.75, 3.05) is 0 Å². The van der Waals surface area contributed by atoms with E-state index in [9.17, 15) is 4.79 Å². The number of rotatable bonds is 7. The minimum Gasteiger partial charge on any atom is -0.348 e. The zero-order valence-electron chi connectivity index (χ0n) is 18.5. The molecular formula is C24H28N6O. The van der Waals surface area contributed by atoms with Gasteiger partial charge >= 0.3 is 0 Å². The molecule has 0 saturated carbocycles. The van der Waals surface area contributed by atoms with Gasteiger partial charge in [0, 0.05) is 37.0 Å². The van der Waals surface area contributed by atoms with Crippen LogP contribution in [0.1, 0.15) is 47.4 Å². The summed E-state index contributed by atoms with van der Waals surface area (Å²) in [7, 11) is 0. The first-order valence-electron chi connectivity index (χ1n) is 10.7. The zero-order chi connectivity index (χ0) is 22.0. The van der Waals surface area contributed by atoms with Crippen LogP contribution in [0, 0.1) is 13.8 Å². The van der Waals surface area contributed by atoms with Gasteiger partial charge in [-0.1, -0.05) is 36.8 Å². The van der Waals surface area contributed by atoms with E-state index in [-0.39, 0.29) is 5.91 Å². The smallest absolute Gasteiger partial charge is 0.252 e. The largest absolute Gasteiger partial charge is 0.348 e. The number of hydrogen-bond acceptors (Lipinski definition) is 4. The highest BCUT2D eigenvalue weighted by atomic mass is 16.1. The van der Waals surface area contributed by atoms with E-state index in [0.29, 0.717) is 18.7 Å². The Balaban J connectivity index is 1.71. The second kappa shape index (κ2) is 8.71. The SMILES string of the molecule is CCCn1cc(CNC(=O)c2cc(-c3ccc(C)cc3)nc3c2c(C)nn3CC)cn1. The molecule has 0 unspecified atom stereocenters. The lowest BCUT2D eigenvalue weighted by Crippen LogP contribution is -2.23. The molecule has 0 saturated heterocycles. The minimum absolute atomic E-state index is 0.136. The molecular weight excluding hydrogens is 388 g/mol. The average Bonchev–Trinajstić information content (AvgIpc) is 3.36. The number of aromatic nitrogens is 5. The fourth-order valence-corrected chi connectivity index (χ4v) is 3.75. The van der Waals surface area contributed by atoms with Crippen molar-refractivity contribution < 1.29 is 4.79 Å². The minimum atomic E-state index is -0.136. The molecule has 7 heteroatoms. The number of carbonyl (C=O) groups excluding carboxylic acids is 1. The maximum atomic E-state index is 13.2. The summed E-state index contributed by atoms with van der Waals surface area (Å²) in [6.45, 7) is 10.1. The molecule has 3 aromatic heterocycles. The number of amides is 1. The molecule has 0 aliphatic rings. The molecule has 1 amide bonds. The zero-order valence-corrected chi connectivity index (χ0v) is 18.5. The number of pyridine rings is 1. The topological polar surface area (TPSA) is 77.6 Å². The van der Waals surface area contributed by atoms with E-state index in [0.717, 1.165) is 46.5 Å². The molecule has 0 spiro atoms. The molecule has 7 nitrogen and oxygen atoms in total. The van der Waals surface area contributed by atoms with E-state index in [1.54, 1.807) is 6.20 Å². The maximum Gasteiger partial charge on any atom is 0.252 e. The summed E-state index contributed by atoms with van der Waals surface area (Å²) in [5.41, 5.74) is 6.04. The van der Waals surface area contributed by atoms with Crippen LogP contribution in [-0.4, -0.2) is 30.5 Å². The first-order chi connectivity index (χ1) is 15.0. The van der Waals surface area contributed by atoms with Gasteiger partial charge in [0.05, 0.1) is 28.5 Å². The molecule has 0 radical (unpaired) electrons. The normalized spacial score (nSPS) is 11.2. The van der Waals surface area contributed by atoms with Crippen LogP contribution in [0.4, 0.5) is 0 Å². The third-order valence-corrected chi connectivity index (χ3v) is 5.36. The lowest BCUT2D eigenvalue weighted by molar-refractivity contribution is 0.0952. The second-order valence-electron chi connectivity index (χ2n) is 7.82. The molecule has 0 bridgehead atoms. The summed E-state index contributed by atoms with van der Waals surface area (Å²) in [5, 5.41) is 12.8. The van der Waals surface area contributed by atoms with Gasteiger partial charge in [-0.3, -0.25) is 9.48 Å². The van der Waals surface area contributed by atoms with Crippen LogP contribution in [0.3, 0.4) is 0 Å². The summed E-state index contributed by atoms with van der Waals surface area (Å²) >= 11 is 0. The third kappa shape index (κ3) is 4.21. The monoisotopic (exact) mass is 416 g/mol. The molecule has 1 aromatic carbocycles. The molecule has 0 aliphatic carbocycles. The predicted octanol–water partition coefficient (Wildman–Crippen LogP) is 4.27. The van der Waals surface area contributed by atoms with Crippen molar-refractivity contribution in [2.45, 2.75) is 53.8 Å². The maximum absolute atomic E-state index is 13.2. The third-order valence-electron chi connectivity index (χ3n) is 5.36. The Morgan fingerprint density at radius 3 is 2.61 bits per heavy atom. The van der Waals surface area contributed by atoms with Crippen LogP contribution < -0.4 is 5.32 Å². The van der Waals surface area contributed by atoms with Crippen molar-refractivity contribution in [3.63, 3.8) is 0 Å². The van der Waals surface area contributed by atoms with E-state index >= 15 is 0 Å². The number of aryl methyl sites for hydroxylation is 4.